The summed E-state index contributed by atoms with van der Waals surface area (Å²) >= 11 is 0. The molecule has 2 aromatic rings. The second-order valence-electron chi connectivity index (χ2n) is 4.98. The highest BCUT2D eigenvalue weighted by Crippen LogP contribution is 2.12. The lowest BCUT2D eigenvalue weighted by Gasteiger charge is -2.19. The molecule has 2 rings (SSSR count). The fourth-order valence-corrected chi connectivity index (χ4v) is 2.03. The normalized spacial score (nSPS) is 10.9. The summed E-state index contributed by atoms with van der Waals surface area (Å²) in [4.78, 5) is 24.4. The van der Waals surface area contributed by atoms with Gasteiger partial charge in [0.2, 0.25) is 0 Å². The van der Waals surface area contributed by atoms with E-state index in [0.717, 1.165) is 10.1 Å². The molecule has 7 heteroatoms. The fourth-order valence-electron chi connectivity index (χ4n) is 2.03. The van der Waals surface area contributed by atoms with Gasteiger partial charge in [-0.1, -0.05) is 30.3 Å². The van der Waals surface area contributed by atoms with Crippen LogP contribution in [0.2, 0.25) is 0 Å². The summed E-state index contributed by atoms with van der Waals surface area (Å²) in [6, 6.07) is 9.47. The van der Waals surface area contributed by atoms with Crippen molar-refractivity contribution in [2.45, 2.75) is 6.54 Å². The minimum Gasteiger partial charge on any atom is -0.383 e. The van der Waals surface area contributed by atoms with Crippen molar-refractivity contribution < 1.29 is 0 Å². The van der Waals surface area contributed by atoms with E-state index in [4.69, 9.17) is 5.73 Å². The summed E-state index contributed by atoms with van der Waals surface area (Å²) in [6.45, 7) is 0.307. The molecule has 1 aromatic heterocycles. The zero-order valence-electron chi connectivity index (χ0n) is 12.3. The molecule has 0 saturated heterocycles. The van der Waals surface area contributed by atoms with Gasteiger partial charge in [0.1, 0.15) is 5.82 Å². The van der Waals surface area contributed by atoms with Gasteiger partial charge in [-0.2, -0.15) is 0 Å². The number of nitrogen functional groups attached to an aromatic ring is 1. The molecule has 0 bridgehead atoms. The highest BCUT2D eigenvalue weighted by molar-refractivity contribution is 5.60. The summed E-state index contributed by atoms with van der Waals surface area (Å²) in [5, 5.41) is 1.60. The van der Waals surface area contributed by atoms with Crippen molar-refractivity contribution in [2.75, 3.05) is 25.3 Å². The third-order valence-corrected chi connectivity index (χ3v) is 3.10. The van der Waals surface area contributed by atoms with Gasteiger partial charge < -0.3 is 11.2 Å². The first-order chi connectivity index (χ1) is 9.91. The number of nitrogens with one attached hydrogen (secondary N) is 1. The zero-order chi connectivity index (χ0) is 15.6. The predicted octanol–water partition coefficient (Wildman–Crippen LogP) is 0.0660. The number of hydrogen-bond donors (Lipinski definition) is 2. The fraction of sp³-hybridized carbons (Fsp3) is 0.286. The van der Waals surface area contributed by atoms with Crippen LogP contribution < -0.4 is 22.4 Å². The van der Waals surface area contributed by atoms with E-state index in [9.17, 15) is 9.59 Å². The quantitative estimate of drug-likeness (QED) is 0.778. The first-order valence-corrected chi connectivity index (χ1v) is 6.49. The summed E-state index contributed by atoms with van der Waals surface area (Å²) < 4.78 is 2.42. The molecule has 0 amide bonds. The Morgan fingerprint density at radius 1 is 1.19 bits per heavy atom. The Hall–Kier alpha value is -2.54. The number of hydrogen-bond acceptors (Lipinski definition) is 5. The van der Waals surface area contributed by atoms with Crippen LogP contribution in [-0.2, 0) is 13.6 Å². The van der Waals surface area contributed by atoms with E-state index in [-0.39, 0.29) is 11.5 Å². The second-order valence-corrected chi connectivity index (χ2v) is 4.98. The molecule has 0 saturated carbocycles. The average molecular weight is 289 g/mol. The first kappa shape index (κ1) is 14.9. The Kier molecular flexibility index (Phi) is 4.13. The molecule has 0 aliphatic heterocycles. The Labute approximate surface area is 122 Å². The molecule has 3 N–H and O–H groups in total. The molecule has 0 atom stereocenters. The van der Waals surface area contributed by atoms with Crippen molar-refractivity contribution in [1.29, 1.82) is 0 Å². The van der Waals surface area contributed by atoms with E-state index >= 15 is 0 Å². The lowest BCUT2D eigenvalue weighted by molar-refractivity contribution is 0.491. The van der Waals surface area contributed by atoms with Gasteiger partial charge in [0, 0.05) is 21.1 Å². The van der Waals surface area contributed by atoms with Gasteiger partial charge in [0.05, 0.1) is 6.54 Å². The minimum absolute atomic E-state index is 0.126. The SMILES string of the molecule is CN(C)Nc1c(N)n(Cc2ccccc2)c(=O)n(C)c1=O. The monoisotopic (exact) mass is 289 g/mol. The molecule has 0 radical (unpaired) electrons. The molecule has 0 aliphatic rings. The number of nitrogens with two attached hydrogens (primary N) is 1. The van der Waals surface area contributed by atoms with Crippen molar-refractivity contribution >= 4 is 11.5 Å². The standard InChI is InChI=1S/C14H19N5O2/c1-17(2)16-11-12(15)19(14(21)18(3)13(11)20)9-10-7-5-4-6-8-10/h4-8,16H,9,15H2,1-3H3. The first-order valence-electron chi connectivity index (χ1n) is 6.49. The van der Waals surface area contributed by atoms with Crippen molar-refractivity contribution in [3.05, 3.63) is 56.7 Å². The molecule has 1 heterocycles. The van der Waals surface area contributed by atoms with Gasteiger partial charge in [-0.15, -0.1) is 0 Å². The van der Waals surface area contributed by atoms with Crippen molar-refractivity contribution in [2.24, 2.45) is 7.05 Å². The van der Waals surface area contributed by atoms with Crippen LogP contribution in [-0.4, -0.2) is 28.2 Å². The van der Waals surface area contributed by atoms with Crippen LogP contribution >= 0.6 is 0 Å². The van der Waals surface area contributed by atoms with Gasteiger partial charge in [0.25, 0.3) is 5.56 Å². The van der Waals surface area contributed by atoms with E-state index < -0.39 is 11.2 Å². The lowest BCUT2D eigenvalue weighted by atomic mass is 10.2. The molecule has 0 fully saturated rings. The van der Waals surface area contributed by atoms with E-state index in [1.54, 1.807) is 19.1 Å². The Bertz CT molecular complexity index is 746. The lowest BCUT2D eigenvalue weighted by Crippen LogP contribution is -2.42. The zero-order valence-corrected chi connectivity index (χ0v) is 12.3. The highest BCUT2D eigenvalue weighted by atomic mass is 16.2. The van der Waals surface area contributed by atoms with Crippen LogP contribution in [0, 0.1) is 0 Å². The molecule has 0 spiro atoms. The van der Waals surface area contributed by atoms with Crippen LogP contribution in [0.5, 0.6) is 0 Å². The van der Waals surface area contributed by atoms with Crippen molar-refractivity contribution in [3.63, 3.8) is 0 Å². The Balaban J connectivity index is 2.58. The number of benzene rings is 1. The largest absolute Gasteiger partial charge is 0.383 e. The molecule has 0 unspecified atom stereocenters. The van der Waals surface area contributed by atoms with Gasteiger partial charge in [0.15, 0.2) is 5.69 Å². The Morgan fingerprint density at radius 3 is 2.38 bits per heavy atom. The summed E-state index contributed by atoms with van der Waals surface area (Å²) in [5.74, 6) is 0.126. The maximum Gasteiger partial charge on any atom is 0.332 e. The smallest absolute Gasteiger partial charge is 0.332 e. The van der Waals surface area contributed by atoms with Crippen LogP contribution in [0.25, 0.3) is 0 Å². The van der Waals surface area contributed by atoms with Crippen LogP contribution in [0.1, 0.15) is 5.56 Å². The van der Waals surface area contributed by atoms with E-state index in [2.05, 4.69) is 5.43 Å². The predicted molar refractivity (Wildman–Crippen MR) is 83.2 cm³/mol. The topological polar surface area (TPSA) is 85.3 Å². The molecular formula is C14H19N5O2. The van der Waals surface area contributed by atoms with Crippen LogP contribution in [0.4, 0.5) is 11.5 Å². The number of aromatic nitrogens is 2. The van der Waals surface area contributed by atoms with Crippen molar-refractivity contribution in [3.8, 4) is 0 Å². The third-order valence-electron chi connectivity index (χ3n) is 3.10. The van der Waals surface area contributed by atoms with Crippen LogP contribution in [0.15, 0.2) is 39.9 Å². The summed E-state index contributed by atoms with van der Waals surface area (Å²) in [6.07, 6.45) is 0. The number of rotatable bonds is 4. The van der Waals surface area contributed by atoms with E-state index in [1.165, 1.54) is 11.6 Å². The summed E-state index contributed by atoms with van der Waals surface area (Å²) in [7, 11) is 4.92. The molecule has 112 valence electrons. The number of hydrazine groups is 1. The molecule has 7 nitrogen and oxygen atoms in total. The van der Waals surface area contributed by atoms with Crippen molar-refractivity contribution in [1.82, 2.24) is 14.1 Å². The maximum absolute atomic E-state index is 12.3. The highest BCUT2D eigenvalue weighted by Gasteiger charge is 2.15. The van der Waals surface area contributed by atoms with Gasteiger partial charge in [-0.25, -0.2) is 9.80 Å². The Morgan fingerprint density at radius 2 is 1.81 bits per heavy atom. The van der Waals surface area contributed by atoms with Gasteiger partial charge in [-0.3, -0.25) is 13.9 Å². The van der Waals surface area contributed by atoms with Gasteiger partial charge in [-0.05, 0) is 5.56 Å². The average Bonchev–Trinajstić information content (AvgIpc) is 2.47. The second kappa shape index (κ2) is 5.84. The van der Waals surface area contributed by atoms with E-state index in [1.807, 2.05) is 30.3 Å². The number of anilines is 2. The molecule has 0 aliphatic carbocycles. The molecule has 21 heavy (non-hydrogen) atoms. The summed E-state index contributed by atoms with van der Waals surface area (Å²) in [5.41, 5.74) is 9.10. The maximum atomic E-state index is 12.3. The molecule has 1 aromatic carbocycles. The van der Waals surface area contributed by atoms with Gasteiger partial charge >= 0.3 is 5.69 Å². The van der Waals surface area contributed by atoms with Crippen LogP contribution in [0.3, 0.4) is 0 Å². The third kappa shape index (κ3) is 2.97. The molecular weight excluding hydrogens is 270 g/mol. The van der Waals surface area contributed by atoms with E-state index in [0.29, 0.717) is 6.54 Å². The minimum atomic E-state index is -0.449. The number of nitrogens with zero attached hydrogens (tertiary/aromatic N) is 3.